The van der Waals surface area contributed by atoms with Crippen LogP contribution >= 0.6 is 0 Å². The number of halogens is 2. The maximum absolute atomic E-state index is 13.6. The van der Waals surface area contributed by atoms with Crippen LogP contribution in [-0.2, 0) is 11.8 Å². The number of benzene rings is 2. The number of hydrogen-bond donors (Lipinski definition) is 2. The maximum Gasteiger partial charge on any atom is 0.254 e. The number of aromatic nitrogens is 2. The molecule has 0 bridgehead atoms. The lowest BCUT2D eigenvalue weighted by molar-refractivity contribution is -0.116. The molecule has 0 spiro atoms. The summed E-state index contributed by atoms with van der Waals surface area (Å²) in [5.74, 6) is -2.81. The zero-order valence-electron chi connectivity index (χ0n) is 16.0. The fraction of sp³-hybridized carbons (Fsp3) is 0.143. The van der Waals surface area contributed by atoms with E-state index >= 15 is 0 Å². The van der Waals surface area contributed by atoms with Gasteiger partial charge in [0, 0.05) is 49.7 Å². The molecule has 0 unspecified atom stereocenters. The second kappa shape index (κ2) is 9.08. The standard InChI is InChI=1S/C21H18F2N4O3/c1-27-11-10-24-20(27)19(29)13-2-5-15(6-3-13)26-18(28)8-9-25-21(30)16-7-4-14(22)12-17(16)23/h2-7,10-12H,8-9H2,1H3,(H,25,30)(H,26,28). The highest BCUT2D eigenvalue weighted by Gasteiger charge is 2.14. The average Bonchev–Trinajstić information content (AvgIpc) is 3.13. The summed E-state index contributed by atoms with van der Waals surface area (Å²) in [6.07, 6.45) is 3.15. The normalized spacial score (nSPS) is 10.5. The minimum atomic E-state index is -0.975. The van der Waals surface area contributed by atoms with Crippen LogP contribution in [0.2, 0.25) is 0 Å². The lowest BCUT2D eigenvalue weighted by atomic mass is 10.1. The van der Waals surface area contributed by atoms with E-state index in [0.717, 1.165) is 12.1 Å². The molecule has 30 heavy (non-hydrogen) atoms. The molecule has 7 nitrogen and oxygen atoms in total. The van der Waals surface area contributed by atoms with E-state index in [9.17, 15) is 23.2 Å². The summed E-state index contributed by atoms with van der Waals surface area (Å²) in [6.45, 7) is -0.0305. The third kappa shape index (κ3) is 4.93. The van der Waals surface area contributed by atoms with Crippen LogP contribution in [0.25, 0.3) is 0 Å². The molecule has 1 aromatic heterocycles. The summed E-state index contributed by atoms with van der Waals surface area (Å²) in [4.78, 5) is 40.3. The van der Waals surface area contributed by atoms with Crippen molar-refractivity contribution in [2.24, 2.45) is 7.05 Å². The maximum atomic E-state index is 13.6. The van der Waals surface area contributed by atoms with E-state index in [1.54, 1.807) is 42.1 Å². The number of aryl methyl sites for hydroxylation is 1. The molecule has 2 N–H and O–H groups in total. The van der Waals surface area contributed by atoms with E-state index in [0.29, 0.717) is 23.1 Å². The Morgan fingerprint density at radius 2 is 1.80 bits per heavy atom. The monoisotopic (exact) mass is 412 g/mol. The van der Waals surface area contributed by atoms with Crippen molar-refractivity contribution in [3.63, 3.8) is 0 Å². The van der Waals surface area contributed by atoms with Gasteiger partial charge < -0.3 is 15.2 Å². The summed E-state index contributed by atoms with van der Waals surface area (Å²) in [5, 5.41) is 5.05. The van der Waals surface area contributed by atoms with Gasteiger partial charge in [0.15, 0.2) is 5.82 Å². The Hall–Kier alpha value is -3.88. The Morgan fingerprint density at radius 3 is 2.43 bits per heavy atom. The van der Waals surface area contributed by atoms with Gasteiger partial charge in [-0.1, -0.05) is 0 Å². The topological polar surface area (TPSA) is 93.1 Å². The van der Waals surface area contributed by atoms with Crippen LogP contribution in [0.4, 0.5) is 14.5 Å². The molecule has 0 saturated heterocycles. The molecule has 0 aliphatic heterocycles. The van der Waals surface area contributed by atoms with Crippen LogP contribution in [0.15, 0.2) is 54.9 Å². The van der Waals surface area contributed by atoms with Gasteiger partial charge in [0.1, 0.15) is 11.6 Å². The number of anilines is 1. The first-order valence-electron chi connectivity index (χ1n) is 9.00. The number of ketones is 1. The molecule has 0 radical (unpaired) electrons. The van der Waals surface area contributed by atoms with Crippen LogP contribution in [0.1, 0.15) is 33.0 Å². The van der Waals surface area contributed by atoms with Gasteiger partial charge >= 0.3 is 0 Å². The molecule has 3 rings (SSSR count). The minimum absolute atomic E-state index is 0.0305. The third-order valence-corrected chi connectivity index (χ3v) is 4.27. The Balaban J connectivity index is 1.49. The molecular weight excluding hydrogens is 394 g/mol. The summed E-state index contributed by atoms with van der Waals surface area (Å²) in [6, 6.07) is 8.95. The highest BCUT2D eigenvalue weighted by Crippen LogP contribution is 2.13. The fourth-order valence-electron chi connectivity index (χ4n) is 2.70. The fourth-order valence-corrected chi connectivity index (χ4v) is 2.70. The van der Waals surface area contributed by atoms with E-state index in [-0.39, 0.29) is 30.2 Å². The minimum Gasteiger partial charge on any atom is -0.351 e. The summed E-state index contributed by atoms with van der Waals surface area (Å²) in [7, 11) is 1.72. The van der Waals surface area contributed by atoms with E-state index in [4.69, 9.17) is 0 Å². The smallest absolute Gasteiger partial charge is 0.254 e. The van der Waals surface area contributed by atoms with Crippen LogP contribution in [-0.4, -0.2) is 33.7 Å². The van der Waals surface area contributed by atoms with E-state index in [1.165, 1.54) is 6.20 Å². The van der Waals surface area contributed by atoms with Gasteiger partial charge in [0.25, 0.3) is 5.91 Å². The van der Waals surface area contributed by atoms with E-state index in [1.807, 2.05) is 0 Å². The van der Waals surface area contributed by atoms with Gasteiger partial charge in [-0.2, -0.15) is 0 Å². The molecular formula is C21H18F2N4O3. The first-order valence-corrected chi connectivity index (χ1v) is 9.00. The molecule has 0 atom stereocenters. The Kier molecular flexibility index (Phi) is 6.31. The van der Waals surface area contributed by atoms with Gasteiger partial charge in [-0.05, 0) is 36.4 Å². The number of hydrogen-bond acceptors (Lipinski definition) is 4. The van der Waals surface area contributed by atoms with Crippen molar-refractivity contribution < 1.29 is 23.2 Å². The zero-order chi connectivity index (χ0) is 21.7. The number of amides is 2. The SMILES string of the molecule is Cn1ccnc1C(=O)c1ccc(NC(=O)CCNC(=O)c2ccc(F)cc2F)cc1. The van der Waals surface area contributed by atoms with E-state index in [2.05, 4.69) is 15.6 Å². The van der Waals surface area contributed by atoms with Crippen molar-refractivity contribution in [2.45, 2.75) is 6.42 Å². The lowest BCUT2D eigenvalue weighted by Crippen LogP contribution is -2.28. The Bertz CT molecular complexity index is 1090. The molecule has 154 valence electrons. The molecule has 0 aliphatic rings. The highest BCUT2D eigenvalue weighted by molar-refractivity contribution is 6.07. The van der Waals surface area contributed by atoms with Crippen molar-refractivity contribution in [1.29, 1.82) is 0 Å². The van der Waals surface area contributed by atoms with Gasteiger partial charge in [0.05, 0.1) is 5.56 Å². The van der Waals surface area contributed by atoms with Gasteiger partial charge in [-0.25, -0.2) is 13.8 Å². The highest BCUT2D eigenvalue weighted by atomic mass is 19.1. The van der Waals surface area contributed by atoms with Crippen molar-refractivity contribution in [3.8, 4) is 0 Å². The molecule has 3 aromatic rings. The van der Waals surface area contributed by atoms with Gasteiger partial charge in [0.2, 0.25) is 11.7 Å². The Morgan fingerprint density at radius 1 is 1.07 bits per heavy atom. The molecule has 0 fully saturated rings. The van der Waals surface area contributed by atoms with Crippen LogP contribution in [0.5, 0.6) is 0 Å². The van der Waals surface area contributed by atoms with Crippen LogP contribution in [0.3, 0.4) is 0 Å². The second-order valence-corrected chi connectivity index (χ2v) is 6.45. The van der Waals surface area contributed by atoms with E-state index < -0.39 is 17.5 Å². The summed E-state index contributed by atoms with van der Waals surface area (Å²) in [5.41, 5.74) is 0.605. The molecule has 2 aromatic carbocycles. The largest absolute Gasteiger partial charge is 0.351 e. The van der Waals surface area contributed by atoms with Gasteiger partial charge in [-0.15, -0.1) is 0 Å². The number of nitrogens with one attached hydrogen (secondary N) is 2. The summed E-state index contributed by atoms with van der Waals surface area (Å²) >= 11 is 0. The quantitative estimate of drug-likeness (QED) is 0.584. The summed E-state index contributed by atoms with van der Waals surface area (Å²) < 4.78 is 28.1. The first-order chi connectivity index (χ1) is 14.3. The second-order valence-electron chi connectivity index (χ2n) is 6.45. The van der Waals surface area contributed by atoms with Crippen molar-refractivity contribution >= 4 is 23.3 Å². The zero-order valence-corrected chi connectivity index (χ0v) is 16.0. The predicted octanol–water partition coefficient (Wildman–Crippen LogP) is 2.69. The molecule has 2 amide bonds. The van der Waals surface area contributed by atoms with Crippen molar-refractivity contribution in [1.82, 2.24) is 14.9 Å². The number of carbonyl (C=O) groups is 3. The molecule has 1 heterocycles. The van der Waals surface area contributed by atoms with Crippen LogP contribution < -0.4 is 10.6 Å². The van der Waals surface area contributed by atoms with Crippen LogP contribution in [0, 0.1) is 11.6 Å². The number of nitrogens with zero attached hydrogens (tertiary/aromatic N) is 2. The molecule has 0 saturated carbocycles. The van der Waals surface area contributed by atoms with Crippen molar-refractivity contribution in [2.75, 3.05) is 11.9 Å². The molecule has 9 heteroatoms. The number of rotatable bonds is 7. The Labute approximate surface area is 170 Å². The number of carbonyl (C=O) groups excluding carboxylic acids is 3. The number of imidazole rings is 1. The predicted molar refractivity (Wildman–Crippen MR) is 105 cm³/mol. The average molecular weight is 412 g/mol. The van der Waals surface area contributed by atoms with Crippen molar-refractivity contribution in [3.05, 3.63) is 83.4 Å². The third-order valence-electron chi connectivity index (χ3n) is 4.27. The molecule has 0 aliphatic carbocycles. The first kappa shape index (κ1) is 20.8. The lowest BCUT2D eigenvalue weighted by Gasteiger charge is -2.08. The van der Waals surface area contributed by atoms with Gasteiger partial charge in [-0.3, -0.25) is 14.4 Å².